The van der Waals surface area contributed by atoms with Crippen LogP contribution in [0.1, 0.15) is 63.7 Å². The van der Waals surface area contributed by atoms with Crippen LogP contribution in [-0.4, -0.2) is 11.1 Å². The number of hydrogen-bond acceptors (Lipinski definition) is 3. The van der Waals surface area contributed by atoms with E-state index >= 15 is 0 Å². The molecule has 1 fully saturated rings. The molecule has 0 spiro atoms. The van der Waals surface area contributed by atoms with Crippen LogP contribution in [0.15, 0.2) is 67.0 Å². The highest BCUT2D eigenvalue weighted by molar-refractivity contribution is 5.87. The lowest BCUT2D eigenvalue weighted by Crippen LogP contribution is -2.28. The molecular weight excluding hydrogens is 435 g/mol. The van der Waals surface area contributed by atoms with Gasteiger partial charge in [0.25, 0.3) is 0 Å². The lowest BCUT2D eigenvalue weighted by molar-refractivity contribution is -0.606. The first-order valence-corrected chi connectivity index (χ1v) is 10.6. The zero-order valence-electron chi connectivity index (χ0n) is 17.6. The Kier molecular flexibility index (Phi) is 6.26. The molecule has 1 aliphatic carbocycles. The van der Waals surface area contributed by atoms with Crippen LogP contribution < -0.4 is 9.47 Å². The number of pyridine rings is 1. The molecule has 0 radical (unpaired) electrons. The van der Waals surface area contributed by atoms with Crippen molar-refractivity contribution in [2.45, 2.75) is 43.9 Å². The van der Waals surface area contributed by atoms with E-state index in [0.717, 1.165) is 30.3 Å². The normalized spacial score (nSPS) is 18.3. The van der Waals surface area contributed by atoms with Gasteiger partial charge in [-0.2, -0.15) is 17.9 Å². The first kappa shape index (κ1) is 22.6. The third-order valence-corrected chi connectivity index (χ3v) is 6.03. The molecule has 0 saturated heterocycles. The smallest absolute Gasteiger partial charge is 0.416 e. The van der Waals surface area contributed by atoms with E-state index in [1.165, 1.54) is 18.3 Å². The largest absolute Gasteiger partial charge is 0.619 e. The van der Waals surface area contributed by atoms with Crippen molar-refractivity contribution in [1.82, 2.24) is 0 Å². The Hall–Kier alpha value is -3.55. The molecule has 0 amide bonds. The summed E-state index contributed by atoms with van der Waals surface area (Å²) in [7, 11) is 0. The number of ether oxygens (including phenoxy) is 1. The number of aromatic nitrogens is 1. The van der Waals surface area contributed by atoms with E-state index < -0.39 is 17.7 Å². The van der Waals surface area contributed by atoms with Crippen LogP contribution in [0.2, 0.25) is 0 Å². The number of rotatable bonds is 6. The Labute approximate surface area is 188 Å². The zero-order chi connectivity index (χ0) is 23.6. The maximum Gasteiger partial charge on any atom is 0.416 e. The number of nitrogens with zero attached hydrogens (tertiary/aromatic N) is 1. The fraction of sp³-hybridized carbons (Fsp3) is 0.280. The summed E-state index contributed by atoms with van der Waals surface area (Å²) in [5.41, 5.74) is 0.874. The van der Waals surface area contributed by atoms with Gasteiger partial charge < -0.3 is 15.1 Å². The molecule has 0 bridgehead atoms. The minimum absolute atomic E-state index is 0.155. The second-order valence-electron chi connectivity index (χ2n) is 8.19. The van der Waals surface area contributed by atoms with Crippen LogP contribution in [-0.2, 0) is 12.8 Å². The summed E-state index contributed by atoms with van der Waals surface area (Å²) in [6, 6.07) is 14.2. The first-order valence-electron chi connectivity index (χ1n) is 10.6. The van der Waals surface area contributed by atoms with E-state index in [-0.39, 0.29) is 24.0 Å². The fourth-order valence-electron chi connectivity index (χ4n) is 4.51. The molecule has 5 nitrogen and oxygen atoms in total. The Balaban J connectivity index is 1.72. The van der Waals surface area contributed by atoms with Gasteiger partial charge in [0.05, 0.1) is 5.56 Å². The van der Waals surface area contributed by atoms with Crippen molar-refractivity contribution in [3.63, 3.8) is 0 Å². The number of benzene rings is 2. The Morgan fingerprint density at radius 1 is 1.06 bits per heavy atom. The van der Waals surface area contributed by atoms with E-state index in [1.54, 1.807) is 0 Å². The zero-order valence-corrected chi connectivity index (χ0v) is 17.6. The third kappa shape index (κ3) is 5.10. The molecular formula is C25H22F3NO4. The van der Waals surface area contributed by atoms with Crippen LogP contribution in [0.25, 0.3) is 0 Å². The van der Waals surface area contributed by atoms with Gasteiger partial charge in [0.1, 0.15) is 17.9 Å². The van der Waals surface area contributed by atoms with Crippen LogP contribution in [0, 0.1) is 5.21 Å². The second kappa shape index (κ2) is 9.13. The number of hydrogen-bond donors (Lipinski definition) is 1. The summed E-state index contributed by atoms with van der Waals surface area (Å²) in [4.78, 5) is 11.4. The molecule has 1 N–H and O–H groups in total. The number of alkyl halides is 3. The minimum atomic E-state index is -4.51. The molecule has 0 aliphatic heterocycles. The number of carboxylic acids is 1. The summed E-state index contributed by atoms with van der Waals surface area (Å²) in [6.07, 6.45) is -0.282. The third-order valence-electron chi connectivity index (χ3n) is 6.03. The molecule has 2 atom stereocenters. The summed E-state index contributed by atoms with van der Waals surface area (Å²) in [5.74, 6) is -1.52. The van der Waals surface area contributed by atoms with Crippen LogP contribution in [0.3, 0.4) is 0 Å². The molecule has 172 valence electrons. The molecule has 2 aromatic carbocycles. The SMILES string of the molecule is O=C(O)c1cc(C2CCCC2c2cc(C(F)(F)F)ccc2OCc2ccccc2)c[n+]([O-])c1. The van der Waals surface area contributed by atoms with Crippen LogP contribution in [0.4, 0.5) is 13.2 Å². The fourth-order valence-corrected chi connectivity index (χ4v) is 4.51. The quantitative estimate of drug-likeness (QED) is 0.383. The molecule has 33 heavy (non-hydrogen) atoms. The van der Waals surface area contributed by atoms with Crippen molar-refractivity contribution in [1.29, 1.82) is 0 Å². The average Bonchev–Trinajstić information content (AvgIpc) is 3.27. The van der Waals surface area contributed by atoms with Crippen molar-refractivity contribution < 1.29 is 32.5 Å². The molecule has 2 unspecified atom stereocenters. The summed E-state index contributed by atoms with van der Waals surface area (Å²) < 4.78 is 46.9. The lowest BCUT2D eigenvalue weighted by atomic mass is 9.83. The standard InChI is InChI=1S/C25H22F3NO4/c26-25(27,28)19-9-10-23(33-15-16-5-2-1-3-6-16)22(12-19)21-8-4-7-20(21)17-11-18(24(30)31)14-29(32)13-17/h1-3,5-6,9-14,20-21H,4,7-8,15H2,(H,30,31). The molecule has 1 heterocycles. The number of aromatic carboxylic acids is 1. The van der Waals surface area contributed by atoms with Crippen molar-refractivity contribution >= 4 is 5.97 Å². The van der Waals surface area contributed by atoms with Gasteiger partial charge in [-0.3, -0.25) is 0 Å². The van der Waals surface area contributed by atoms with Crippen LogP contribution >= 0.6 is 0 Å². The average molecular weight is 457 g/mol. The molecule has 4 rings (SSSR count). The van der Waals surface area contributed by atoms with Gasteiger partial charge in [-0.15, -0.1) is 0 Å². The van der Waals surface area contributed by atoms with Crippen molar-refractivity contribution in [3.05, 3.63) is 100 Å². The molecule has 8 heteroatoms. The summed E-state index contributed by atoms with van der Waals surface area (Å²) in [6.45, 7) is 0.200. The van der Waals surface area contributed by atoms with Gasteiger partial charge in [-0.05, 0) is 60.1 Å². The monoisotopic (exact) mass is 457 g/mol. The van der Waals surface area contributed by atoms with E-state index in [2.05, 4.69) is 0 Å². The first-order chi connectivity index (χ1) is 15.7. The summed E-state index contributed by atoms with van der Waals surface area (Å²) >= 11 is 0. The van der Waals surface area contributed by atoms with E-state index in [1.807, 2.05) is 30.3 Å². The second-order valence-corrected chi connectivity index (χ2v) is 8.19. The predicted molar refractivity (Wildman–Crippen MR) is 114 cm³/mol. The highest BCUT2D eigenvalue weighted by Gasteiger charge is 2.37. The Morgan fingerprint density at radius 3 is 2.48 bits per heavy atom. The summed E-state index contributed by atoms with van der Waals surface area (Å²) in [5, 5.41) is 21.3. The van der Waals surface area contributed by atoms with Gasteiger partial charge >= 0.3 is 12.1 Å². The van der Waals surface area contributed by atoms with Gasteiger partial charge in [0.15, 0.2) is 12.4 Å². The van der Waals surface area contributed by atoms with E-state index in [0.29, 0.717) is 34.4 Å². The Bertz CT molecular complexity index is 1150. The Morgan fingerprint density at radius 2 is 1.79 bits per heavy atom. The lowest BCUT2D eigenvalue weighted by Gasteiger charge is -2.24. The molecule has 3 aromatic rings. The van der Waals surface area contributed by atoms with Crippen LogP contribution in [0.5, 0.6) is 5.75 Å². The molecule has 1 aliphatic rings. The number of halogens is 3. The number of carbonyl (C=O) groups is 1. The predicted octanol–water partition coefficient (Wildman–Crippen LogP) is 5.67. The van der Waals surface area contributed by atoms with Gasteiger partial charge in [0, 0.05) is 5.56 Å². The maximum atomic E-state index is 13.5. The highest BCUT2D eigenvalue weighted by atomic mass is 19.4. The number of carboxylic acid groups (broad SMARTS) is 1. The van der Waals surface area contributed by atoms with Gasteiger partial charge in [-0.25, -0.2) is 4.79 Å². The van der Waals surface area contributed by atoms with Gasteiger partial charge in [0.2, 0.25) is 0 Å². The van der Waals surface area contributed by atoms with Crippen molar-refractivity contribution in [3.8, 4) is 5.75 Å². The maximum absolute atomic E-state index is 13.5. The molecule has 1 aromatic heterocycles. The topological polar surface area (TPSA) is 73.5 Å². The highest BCUT2D eigenvalue weighted by Crippen LogP contribution is 2.49. The van der Waals surface area contributed by atoms with E-state index in [9.17, 15) is 28.3 Å². The van der Waals surface area contributed by atoms with E-state index in [4.69, 9.17) is 4.74 Å². The van der Waals surface area contributed by atoms with Crippen molar-refractivity contribution in [2.24, 2.45) is 0 Å². The van der Waals surface area contributed by atoms with Crippen molar-refractivity contribution in [2.75, 3.05) is 0 Å². The molecule has 1 saturated carbocycles. The van der Waals surface area contributed by atoms with Gasteiger partial charge in [-0.1, -0.05) is 36.8 Å². The minimum Gasteiger partial charge on any atom is -0.619 e.